The highest BCUT2D eigenvalue weighted by molar-refractivity contribution is 5.63. The zero-order valence-electron chi connectivity index (χ0n) is 8.23. The zero-order chi connectivity index (χ0) is 10.4. The smallest absolute Gasteiger partial charge is 0.130 e. The number of hydrogen-bond acceptors (Lipinski definition) is 3. The van der Waals surface area contributed by atoms with Crippen LogP contribution >= 0.6 is 0 Å². The van der Waals surface area contributed by atoms with E-state index in [-0.39, 0.29) is 5.75 Å². The van der Waals surface area contributed by atoms with E-state index < -0.39 is 0 Å². The molecule has 0 atom stereocenters. The molecule has 0 aliphatic rings. The molecule has 3 heteroatoms. The first-order valence-corrected chi connectivity index (χ1v) is 4.61. The van der Waals surface area contributed by atoms with E-state index in [0.29, 0.717) is 24.5 Å². The van der Waals surface area contributed by atoms with Crippen LogP contribution in [0.25, 0.3) is 6.08 Å². The maximum absolute atomic E-state index is 9.57. The summed E-state index contributed by atoms with van der Waals surface area (Å²) in [6, 6.07) is 5.19. The summed E-state index contributed by atoms with van der Waals surface area (Å²) in [6.07, 6.45) is 3.54. The topological polar surface area (TPSA) is 55.5 Å². The van der Waals surface area contributed by atoms with Gasteiger partial charge in [-0.2, -0.15) is 0 Å². The van der Waals surface area contributed by atoms with Gasteiger partial charge >= 0.3 is 0 Å². The predicted octanol–water partition coefficient (Wildman–Crippen LogP) is 1.76. The Morgan fingerprint density at radius 1 is 1.50 bits per heavy atom. The quantitative estimate of drug-likeness (QED) is 0.766. The monoisotopic (exact) mass is 193 g/mol. The van der Waals surface area contributed by atoms with Crippen LogP contribution in [0.2, 0.25) is 0 Å². The van der Waals surface area contributed by atoms with Gasteiger partial charge in [0.05, 0.1) is 12.2 Å². The predicted molar refractivity (Wildman–Crippen MR) is 57.4 cm³/mol. The molecule has 1 rings (SSSR count). The Balaban J connectivity index is 3.02. The van der Waals surface area contributed by atoms with Crippen molar-refractivity contribution in [3.8, 4) is 11.5 Å². The average Bonchev–Trinajstić information content (AvgIpc) is 2.18. The standard InChI is InChI=1S/C11H15NO2/c1-2-14-11-7-3-6-10(13)9(11)5-4-8-12/h3-7,13H,2,8,12H2,1H3/b5-4+. The van der Waals surface area contributed by atoms with Crippen molar-refractivity contribution < 1.29 is 9.84 Å². The van der Waals surface area contributed by atoms with E-state index in [2.05, 4.69) is 0 Å². The van der Waals surface area contributed by atoms with E-state index in [9.17, 15) is 5.11 Å². The molecule has 3 nitrogen and oxygen atoms in total. The molecule has 0 fully saturated rings. The second-order valence-electron chi connectivity index (χ2n) is 2.76. The molecular formula is C11H15NO2. The van der Waals surface area contributed by atoms with Crippen LogP contribution in [0.15, 0.2) is 24.3 Å². The van der Waals surface area contributed by atoms with Crippen molar-refractivity contribution in [3.63, 3.8) is 0 Å². The SMILES string of the molecule is CCOc1cccc(O)c1/C=C/CN. The van der Waals surface area contributed by atoms with Gasteiger partial charge in [0.15, 0.2) is 0 Å². The molecule has 1 aromatic rings. The molecule has 0 saturated heterocycles. The Kier molecular flexibility index (Phi) is 4.01. The molecule has 3 N–H and O–H groups in total. The van der Waals surface area contributed by atoms with E-state index in [1.165, 1.54) is 0 Å². The second-order valence-corrected chi connectivity index (χ2v) is 2.76. The second kappa shape index (κ2) is 5.29. The Morgan fingerprint density at radius 3 is 2.93 bits per heavy atom. The molecule has 14 heavy (non-hydrogen) atoms. The van der Waals surface area contributed by atoms with E-state index in [4.69, 9.17) is 10.5 Å². The Morgan fingerprint density at radius 2 is 2.29 bits per heavy atom. The maximum Gasteiger partial charge on any atom is 0.130 e. The highest BCUT2D eigenvalue weighted by Crippen LogP contribution is 2.28. The van der Waals surface area contributed by atoms with Crippen molar-refractivity contribution in [2.45, 2.75) is 6.92 Å². The van der Waals surface area contributed by atoms with Gasteiger partial charge in [0.1, 0.15) is 11.5 Å². The highest BCUT2D eigenvalue weighted by atomic mass is 16.5. The summed E-state index contributed by atoms with van der Waals surface area (Å²) in [5.41, 5.74) is 6.02. The molecule has 0 radical (unpaired) electrons. The third-order valence-corrected chi connectivity index (χ3v) is 1.76. The van der Waals surface area contributed by atoms with Gasteiger partial charge in [-0.15, -0.1) is 0 Å². The first kappa shape index (κ1) is 10.6. The average molecular weight is 193 g/mol. The number of phenols is 1. The van der Waals surface area contributed by atoms with Crippen LogP contribution in [0, 0.1) is 0 Å². The molecule has 0 saturated carbocycles. The summed E-state index contributed by atoms with van der Waals surface area (Å²) in [5, 5.41) is 9.57. The first-order chi connectivity index (χ1) is 6.79. The third-order valence-electron chi connectivity index (χ3n) is 1.76. The highest BCUT2D eigenvalue weighted by Gasteiger charge is 2.04. The summed E-state index contributed by atoms with van der Waals surface area (Å²) >= 11 is 0. The lowest BCUT2D eigenvalue weighted by molar-refractivity contribution is 0.337. The van der Waals surface area contributed by atoms with Crippen molar-refractivity contribution >= 4 is 6.08 Å². The van der Waals surface area contributed by atoms with Crippen molar-refractivity contribution in [1.82, 2.24) is 0 Å². The van der Waals surface area contributed by atoms with Gasteiger partial charge in [-0.3, -0.25) is 0 Å². The minimum absolute atomic E-state index is 0.209. The largest absolute Gasteiger partial charge is 0.507 e. The molecule has 0 amide bonds. The summed E-state index contributed by atoms with van der Waals surface area (Å²) in [6.45, 7) is 2.92. The van der Waals surface area contributed by atoms with Crippen molar-refractivity contribution in [2.24, 2.45) is 5.73 Å². The molecular weight excluding hydrogens is 178 g/mol. The minimum Gasteiger partial charge on any atom is -0.507 e. The third kappa shape index (κ3) is 2.50. The normalized spacial score (nSPS) is 10.7. The summed E-state index contributed by atoms with van der Waals surface area (Å²) in [7, 11) is 0. The number of benzene rings is 1. The lowest BCUT2D eigenvalue weighted by Gasteiger charge is -2.08. The fourth-order valence-corrected chi connectivity index (χ4v) is 1.17. The van der Waals surface area contributed by atoms with Crippen molar-refractivity contribution in [2.75, 3.05) is 13.2 Å². The van der Waals surface area contributed by atoms with Crippen LogP contribution in [0.1, 0.15) is 12.5 Å². The van der Waals surface area contributed by atoms with Crippen molar-refractivity contribution in [1.29, 1.82) is 0 Å². The number of rotatable bonds is 4. The molecule has 0 bridgehead atoms. The molecule has 0 aromatic heterocycles. The van der Waals surface area contributed by atoms with E-state index >= 15 is 0 Å². The van der Waals surface area contributed by atoms with Crippen LogP contribution < -0.4 is 10.5 Å². The molecule has 0 aliphatic heterocycles. The van der Waals surface area contributed by atoms with Crippen LogP contribution in [-0.4, -0.2) is 18.3 Å². The molecule has 0 aliphatic carbocycles. The molecule has 0 spiro atoms. The Hall–Kier alpha value is -1.48. The van der Waals surface area contributed by atoms with E-state index in [0.717, 1.165) is 0 Å². The fraction of sp³-hybridized carbons (Fsp3) is 0.273. The number of ether oxygens (including phenoxy) is 1. The van der Waals surface area contributed by atoms with Crippen LogP contribution in [-0.2, 0) is 0 Å². The van der Waals surface area contributed by atoms with Gasteiger partial charge in [-0.05, 0) is 19.1 Å². The summed E-state index contributed by atoms with van der Waals surface area (Å²) in [4.78, 5) is 0. The van der Waals surface area contributed by atoms with Crippen LogP contribution in [0.5, 0.6) is 11.5 Å². The number of nitrogens with two attached hydrogens (primary N) is 1. The molecule has 0 unspecified atom stereocenters. The molecule has 0 heterocycles. The van der Waals surface area contributed by atoms with E-state index in [1.54, 1.807) is 24.3 Å². The minimum atomic E-state index is 0.209. The van der Waals surface area contributed by atoms with Gasteiger partial charge in [-0.25, -0.2) is 0 Å². The van der Waals surface area contributed by atoms with Gasteiger partial charge in [0.2, 0.25) is 0 Å². The van der Waals surface area contributed by atoms with Crippen molar-refractivity contribution in [3.05, 3.63) is 29.8 Å². The van der Waals surface area contributed by atoms with Crippen LogP contribution in [0.3, 0.4) is 0 Å². The zero-order valence-corrected chi connectivity index (χ0v) is 8.23. The van der Waals surface area contributed by atoms with Crippen LogP contribution in [0.4, 0.5) is 0 Å². The number of hydrogen-bond donors (Lipinski definition) is 2. The molecule has 76 valence electrons. The molecule has 1 aromatic carbocycles. The first-order valence-electron chi connectivity index (χ1n) is 4.61. The summed E-state index contributed by atoms with van der Waals surface area (Å²) in [5.74, 6) is 0.887. The maximum atomic E-state index is 9.57. The fourth-order valence-electron chi connectivity index (χ4n) is 1.17. The lowest BCUT2D eigenvalue weighted by Crippen LogP contribution is -1.95. The van der Waals surface area contributed by atoms with E-state index in [1.807, 2.05) is 13.0 Å². The Bertz CT molecular complexity index is 321. The lowest BCUT2D eigenvalue weighted by atomic mass is 10.1. The number of phenolic OH excluding ortho intramolecular Hbond substituents is 1. The summed E-state index contributed by atoms with van der Waals surface area (Å²) < 4.78 is 5.36. The van der Waals surface area contributed by atoms with Gasteiger partial charge in [0.25, 0.3) is 0 Å². The van der Waals surface area contributed by atoms with Gasteiger partial charge in [-0.1, -0.05) is 18.2 Å². The Labute approximate surface area is 83.8 Å². The van der Waals surface area contributed by atoms with Gasteiger partial charge in [0, 0.05) is 6.54 Å². The number of aromatic hydroxyl groups is 1. The van der Waals surface area contributed by atoms with Gasteiger partial charge < -0.3 is 15.6 Å².